The third kappa shape index (κ3) is 9.05. The first-order valence-electron chi connectivity index (χ1n) is 16.6. The molecule has 6 heterocycles. The zero-order valence-electron chi connectivity index (χ0n) is 29.2. The number of hydrogen-bond acceptors (Lipinski definition) is 13. The molecule has 0 amide bonds. The summed E-state index contributed by atoms with van der Waals surface area (Å²) in [6, 6.07) is 7.81. The number of carbonyl (C=O) groups is 1. The normalized spacial score (nSPS) is 22.5. The summed E-state index contributed by atoms with van der Waals surface area (Å²) in [5.74, 6) is 2.37. The lowest BCUT2D eigenvalue weighted by molar-refractivity contribution is -0.114. The van der Waals surface area contributed by atoms with Crippen LogP contribution in [0, 0.1) is 46.6 Å². The van der Waals surface area contributed by atoms with Crippen molar-refractivity contribution in [2.24, 2.45) is 0 Å². The monoisotopic (exact) mass is 738 g/mol. The highest BCUT2D eigenvalue weighted by atomic mass is 31.2. The summed E-state index contributed by atoms with van der Waals surface area (Å²) < 4.78 is 46.5. The summed E-state index contributed by atoms with van der Waals surface area (Å²) >= 11 is 0. The van der Waals surface area contributed by atoms with Gasteiger partial charge in [0.05, 0.1) is 36.2 Å². The van der Waals surface area contributed by atoms with Gasteiger partial charge in [-0.25, -0.2) is 23.3 Å². The molecule has 0 saturated carbocycles. The zero-order valence-corrected chi connectivity index (χ0v) is 30.1. The van der Waals surface area contributed by atoms with Gasteiger partial charge in [-0.05, 0) is 37.8 Å². The number of nitrogens with zero attached hydrogens (tertiary/aromatic N) is 10. The van der Waals surface area contributed by atoms with Gasteiger partial charge in [-0.15, -0.1) is 6.42 Å². The van der Waals surface area contributed by atoms with Crippen LogP contribution in [-0.4, -0.2) is 125 Å². The number of aliphatic hydroxyl groups excluding tert-OH is 1. The number of aliphatic hydroxyl groups is 1. The van der Waals surface area contributed by atoms with Crippen LogP contribution < -0.4 is 9.80 Å². The third-order valence-corrected chi connectivity index (χ3v) is 11.5. The van der Waals surface area contributed by atoms with Crippen molar-refractivity contribution >= 4 is 30.5 Å². The highest BCUT2D eigenvalue weighted by Gasteiger charge is 2.42. The van der Waals surface area contributed by atoms with Crippen molar-refractivity contribution in [2.45, 2.75) is 56.8 Å². The summed E-state index contributed by atoms with van der Waals surface area (Å²) in [5.41, 5.74) is 8.31. The first-order valence-corrected chi connectivity index (χ1v) is 18.2. The summed E-state index contributed by atoms with van der Waals surface area (Å²) in [7, 11) is -1.51. The van der Waals surface area contributed by atoms with Crippen molar-refractivity contribution < 1.29 is 37.1 Å². The second-order valence-electron chi connectivity index (χ2n) is 12.5. The van der Waals surface area contributed by atoms with Gasteiger partial charge in [-0.3, -0.25) is 14.6 Å². The van der Waals surface area contributed by atoms with Gasteiger partial charge in [0.15, 0.2) is 0 Å². The summed E-state index contributed by atoms with van der Waals surface area (Å²) in [5, 5.41) is 27.6. The predicted octanol–water partition coefficient (Wildman–Crippen LogP) is 2.81. The Bertz CT molecular complexity index is 1830. The maximum absolute atomic E-state index is 13.2. The molecular formula is C34H41F2N10O5P. The first kappa shape index (κ1) is 40.2. The van der Waals surface area contributed by atoms with Gasteiger partial charge in [0.25, 0.3) is 0 Å². The molecule has 0 bridgehead atoms. The van der Waals surface area contributed by atoms with Gasteiger partial charge >= 0.3 is 13.0 Å². The Morgan fingerprint density at radius 1 is 0.962 bits per heavy atom. The van der Waals surface area contributed by atoms with Gasteiger partial charge in [0, 0.05) is 78.5 Å². The Labute approximate surface area is 301 Å². The van der Waals surface area contributed by atoms with Crippen LogP contribution in [-0.2, 0) is 18.4 Å². The van der Waals surface area contributed by atoms with Gasteiger partial charge in [0.1, 0.15) is 35.4 Å². The van der Waals surface area contributed by atoms with E-state index in [0.29, 0.717) is 29.3 Å². The second kappa shape index (κ2) is 18.2. The molecule has 0 radical (unpaired) electrons. The molecule has 1 N–H and O–H groups in total. The number of fused-ring (bicyclic) bond motifs is 2. The standard InChI is InChI=1S/C15H15FN4.C14H17FN4O.C5H9N2O4P/c1-2-13-3-4-14-10-19(5-6-20(13)14)15-11(8-17)7-12(16)9-18-15;15-11-5-10(6-16)14(17-7-11)18-3-4-19-12(8-18)1-2-13(19)9-20;1-4(8)5(7-6)12(9,10-2)11-3/h1,7,9,13-14H,3-6,10H2;5,7,12-13,20H,1-4,8-9H2;1-3H3/t13-,14-;12-,13+;/m00./s1. The molecule has 6 rings (SSSR count). The molecule has 18 heteroatoms. The van der Waals surface area contributed by atoms with Crippen molar-refractivity contribution in [3.63, 3.8) is 0 Å². The van der Waals surface area contributed by atoms with E-state index in [1.165, 1.54) is 18.3 Å². The van der Waals surface area contributed by atoms with Crippen LogP contribution in [0.5, 0.6) is 0 Å². The predicted molar refractivity (Wildman–Crippen MR) is 186 cm³/mol. The van der Waals surface area contributed by atoms with Crippen molar-refractivity contribution in [1.29, 1.82) is 10.5 Å². The van der Waals surface area contributed by atoms with Crippen molar-refractivity contribution in [3.05, 3.63) is 52.8 Å². The average Bonchev–Trinajstić information content (AvgIpc) is 3.78. The van der Waals surface area contributed by atoms with E-state index in [1.807, 2.05) is 12.1 Å². The van der Waals surface area contributed by atoms with E-state index < -0.39 is 30.5 Å². The molecule has 4 aliphatic rings. The second-order valence-corrected chi connectivity index (χ2v) is 14.6. The summed E-state index contributed by atoms with van der Waals surface area (Å²) in [4.78, 5) is 30.3. The molecule has 0 aromatic carbocycles. The first-order chi connectivity index (χ1) is 25.0. The Hall–Kier alpha value is -4.62. The van der Waals surface area contributed by atoms with Crippen LogP contribution in [0.1, 0.15) is 43.7 Å². The van der Waals surface area contributed by atoms with E-state index in [0.717, 1.165) is 92.3 Å². The molecule has 4 saturated heterocycles. The minimum absolute atomic E-state index is 0.203. The highest BCUT2D eigenvalue weighted by Crippen LogP contribution is 2.47. The number of halogens is 2. The number of rotatable bonds is 7. The Balaban J connectivity index is 0.000000181. The third-order valence-electron chi connectivity index (χ3n) is 9.59. The van der Waals surface area contributed by atoms with E-state index in [2.05, 4.69) is 49.3 Å². The molecule has 15 nitrogen and oxygen atoms in total. The fourth-order valence-corrected chi connectivity index (χ4v) is 8.06. The number of anilines is 2. The molecular weight excluding hydrogens is 697 g/mol. The van der Waals surface area contributed by atoms with Gasteiger partial charge in [0.2, 0.25) is 5.78 Å². The quantitative estimate of drug-likeness (QED) is 0.143. The van der Waals surface area contributed by atoms with E-state index >= 15 is 0 Å². The van der Waals surface area contributed by atoms with Crippen LogP contribution in [0.4, 0.5) is 20.4 Å². The Morgan fingerprint density at radius 2 is 1.46 bits per heavy atom. The van der Waals surface area contributed by atoms with Crippen LogP contribution in [0.15, 0.2) is 24.5 Å². The number of piperazine rings is 2. The SMILES string of the molecule is C#C[C@H]1CC[C@H]2CN(c3ncc(F)cc3C#N)CCN21.COP(=O)(OC)C(=[N+]=[N-])C(C)=O.N#Cc1cc(F)cnc1N1CCN2[C@@H](CO)CC[C@H]2C1. The molecule has 52 heavy (non-hydrogen) atoms. The van der Waals surface area contributed by atoms with Crippen LogP contribution in [0.3, 0.4) is 0 Å². The molecule has 4 aliphatic heterocycles. The van der Waals surface area contributed by atoms with E-state index in [9.17, 15) is 23.2 Å². The maximum atomic E-state index is 13.2. The van der Waals surface area contributed by atoms with E-state index in [1.54, 1.807) is 0 Å². The van der Waals surface area contributed by atoms with Crippen LogP contribution in [0.2, 0.25) is 0 Å². The minimum atomic E-state index is -3.70. The van der Waals surface area contributed by atoms with Crippen molar-refractivity contribution in [3.8, 4) is 24.5 Å². The minimum Gasteiger partial charge on any atom is -0.395 e. The number of carbonyl (C=O) groups excluding carboxylic acids is 1. The van der Waals surface area contributed by atoms with Gasteiger partial charge in [-0.2, -0.15) is 15.3 Å². The number of hydrogen-bond donors (Lipinski definition) is 1. The molecule has 276 valence electrons. The number of aromatic nitrogens is 2. The van der Waals surface area contributed by atoms with Gasteiger partial charge in [-0.1, -0.05) is 5.92 Å². The number of terminal acetylenes is 1. The molecule has 0 spiro atoms. The number of nitriles is 2. The molecule has 4 atom stereocenters. The molecule has 2 aromatic rings. The summed E-state index contributed by atoms with van der Waals surface area (Å²) in [6.07, 6.45) is 12.0. The smallest absolute Gasteiger partial charge is 0.395 e. The highest BCUT2D eigenvalue weighted by molar-refractivity contribution is 7.74. The lowest BCUT2D eigenvalue weighted by Crippen LogP contribution is -2.53. The lowest BCUT2D eigenvalue weighted by Gasteiger charge is -2.40. The lowest BCUT2D eigenvalue weighted by atomic mass is 10.1. The Kier molecular flexibility index (Phi) is 14.1. The molecule has 0 unspecified atom stereocenters. The van der Waals surface area contributed by atoms with Gasteiger partial charge < -0.3 is 29.5 Å². The van der Waals surface area contributed by atoms with Crippen LogP contribution in [0.25, 0.3) is 5.53 Å². The van der Waals surface area contributed by atoms with Crippen molar-refractivity contribution in [1.82, 2.24) is 19.8 Å². The fraction of sp³-hybridized carbons (Fsp3) is 0.529. The number of pyridine rings is 2. The number of Topliss-reactive ketones (excluding diaryl/α,β-unsaturated/α-hetero) is 1. The molecule has 2 aromatic heterocycles. The topological polar surface area (TPSA) is 196 Å². The van der Waals surface area contributed by atoms with Crippen LogP contribution >= 0.6 is 7.60 Å². The van der Waals surface area contributed by atoms with E-state index in [4.69, 9.17) is 22.5 Å². The zero-order chi connectivity index (χ0) is 38.0. The maximum Gasteiger partial charge on any atom is 0.446 e. The average molecular weight is 739 g/mol. The summed E-state index contributed by atoms with van der Waals surface area (Å²) in [6.45, 7) is 6.11. The molecule has 4 fully saturated rings. The number of ketones is 1. The fourth-order valence-electron chi connectivity index (χ4n) is 7.07. The Morgan fingerprint density at radius 3 is 1.88 bits per heavy atom. The van der Waals surface area contributed by atoms with E-state index in [-0.39, 0.29) is 24.3 Å². The largest absolute Gasteiger partial charge is 0.446 e. The molecule has 0 aliphatic carbocycles. The van der Waals surface area contributed by atoms with Crippen molar-refractivity contribution in [2.75, 3.05) is 69.9 Å².